The molecule has 9 aromatic rings. The van der Waals surface area contributed by atoms with Gasteiger partial charge in [0, 0.05) is 28.7 Å². The molecule has 5 heteroatoms. The maximum absolute atomic E-state index is 6.47. The van der Waals surface area contributed by atoms with E-state index >= 15 is 0 Å². The number of aliphatic imine (C=N–C) groups is 1. The van der Waals surface area contributed by atoms with Gasteiger partial charge in [-0.05, 0) is 86.0 Å². The zero-order valence-electron chi connectivity index (χ0n) is 34.8. The highest BCUT2D eigenvalue weighted by molar-refractivity contribution is 5.98. The van der Waals surface area contributed by atoms with Gasteiger partial charge in [-0.2, -0.15) is 0 Å². The average Bonchev–Trinajstić information content (AvgIpc) is 3.95. The van der Waals surface area contributed by atoms with E-state index in [2.05, 4.69) is 146 Å². The fraction of sp³-hybridized carbons (Fsp3) is 0.0508. The summed E-state index contributed by atoms with van der Waals surface area (Å²) in [6.45, 7) is 0. The van der Waals surface area contributed by atoms with Crippen LogP contribution in [0.4, 0.5) is 0 Å². The average molecular weight is 821 g/mol. The molecule has 8 aromatic carbocycles. The molecule has 0 N–H and O–H groups in total. The lowest BCUT2D eigenvalue weighted by atomic mass is 9.65. The van der Waals surface area contributed by atoms with Gasteiger partial charge in [-0.3, -0.25) is 0 Å². The van der Waals surface area contributed by atoms with Crippen molar-refractivity contribution >= 4 is 5.90 Å². The van der Waals surface area contributed by atoms with Gasteiger partial charge in [0.15, 0.2) is 17.5 Å². The highest BCUT2D eigenvalue weighted by Crippen LogP contribution is 2.59. The van der Waals surface area contributed by atoms with E-state index in [0.717, 1.165) is 51.1 Å². The van der Waals surface area contributed by atoms with Gasteiger partial charge in [0.05, 0.1) is 11.1 Å². The van der Waals surface area contributed by atoms with Crippen molar-refractivity contribution < 1.29 is 4.74 Å². The molecular formula is C59H40N4O. The minimum Gasteiger partial charge on any atom is -0.467 e. The summed E-state index contributed by atoms with van der Waals surface area (Å²) in [5, 5.41) is 0. The van der Waals surface area contributed by atoms with Gasteiger partial charge in [-0.25, -0.2) is 19.9 Å². The van der Waals surface area contributed by atoms with Crippen molar-refractivity contribution in [3.05, 3.63) is 258 Å². The van der Waals surface area contributed by atoms with E-state index in [-0.39, 0.29) is 6.10 Å². The summed E-state index contributed by atoms with van der Waals surface area (Å²) in [4.78, 5) is 20.1. The lowest BCUT2D eigenvalue weighted by molar-refractivity contribution is 0.246. The molecule has 2 atom stereocenters. The Bertz CT molecular complexity index is 3270. The summed E-state index contributed by atoms with van der Waals surface area (Å²) in [7, 11) is 0. The van der Waals surface area contributed by atoms with E-state index in [1.807, 2.05) is 78.9 Å². The van der Waals surface area contributed by atoms with Crippen molar-refractivity contribution in [1.29, 1.82) is 0 Å². The van der Waals surface area contributed by atoms with Gasteiger partial charge in [0.1, 0.15) is 6.10 Å². The molecular weight excluding hydrogens is 781 g/mol. The van der Waals surface area contributed by atoms with Gasteiger partial charge in [0.2, 0.25) is 5.90 Å². The first kappa shape index (κ1) is 37.5. The van der Waals surface area contributed by atoms with Crippen LogP contribution in [0.1, 0.15) is 28.7 Å². The predicted molar refractivity (Wildman–Crippen MR) is 257 cm³/mol. The SMILES string of the molecule is C1=C2N=C(c3ccccc3)OC2CC=C1C1(c2ccccc2)c2ccccc2-c2c(-c3cccc(-c4cccc(-c5nc(-c6ccccc6)nc(-c6ccccc6)n5)c4)c3)cccc21. The third kappa shape index (κ3) is 6.32. The van der Waals surface area contributed by atoms with Crippen LogP contribution in [0, 0.1) is 0 Å². The maximum Gasteiger partial charge on any atom is 0.221 e. The fourth-order valence-corrected chi connectivity index (χ4v) is 9.82. The molecule has 2 heterocycles. The van der Waals surface area contributed by atoms with Crippen molar-refractivity contribution in [2.45, 2.75) is 17.9 Å². The Morgan fingerprint density at radius 3 is 1.58 bits per heavy atom. The van der Waals surface area contributed by atoms with E-state index in [0.29, 0.717) is 23.4 Å². The highest BCUT2D eigenvalue weighted by Gasteiger charge is 2.48. The number of benzene rings is 8. The predicted octanol–water partition coefficient (Wildman–Crippen LogP) is 13.6. The second kappa shape index (κ2) is 15.6. The van der Waals surface area contributed by atoms with E-state index < -0.39 is 5.41 Å². The largest absolute Gasteiger partial charge is 0.467 e. The van der Waals surface area contributed by atoms with Crippen LogP contribution in [-0.2, 0) is 10.2 Å². The van der Waals surface area contributed by atoms with Crippen LogP contribution in [0.25, 0.3) is 67.5 Å². The van der Waals surface area contributed by atoms with Crippen molar-refractivity contribution in [2.24, 2.45) is 4.99 Å². The molecule has 0 spiro atoms. The minimum absolute atomic E-state index is 0.114. The normalized spacial score (nSPS) is 17.0. The van der Waals surface area contributed by atoms with Crippen LogP contribution in [0.2, 0.25) is 0 Å². The molecule has 0 saturated carbocycles. The first-order valence-corrected chi connectivity index (χ1v) is 21.8. The van der Waals surface area contributed by atoms with E-state index in [9.17, 15) is 0 Å². The number of rotatable bonds is 8. The number of nitrogens with zero attached hydrogens (tertiary/aromatic N) is 4. The van der Waals surface area contributed by atoms with Crippen LogP contribution in [0.3, 0.4) is 0 Å². The van der Waals surface area contributed by atoms with E-state index in [1.54, 1.807) is 0 Å². The summed E-state index contributed by atoms with van der Waals surface area (Å²) < 4.78 is 6.47. The molecule has 0 bridgehead atoms. The zero-order valence-corrected chi connectivity index (χ0v) is 34.8. The van der Waals surface area contributed by atoms with E-state index in [1.165, 1.54) is 39.0 Å². The number of hydrogen-bond acceptors (Lipinski definition) is 5. The summed E-state index contributed by atoms with van der Waals surface area (Å²) >= 11 is 0. The molecule has 1 aromatic heterocycles. The van der Waals surface area contributed by atoms with Crippen molar-refractivity contribution in [1.82, 2.24) is 15.0 Å². The van der Waals surface area contributed by atoms with Gasteiger partial charge in [-0.15, -0.1) is 0 Å². The summed E-state index contributed by atoms with van der Waals surface area (Å²) in [5.41, 5.74) is 16.2. The third-order valence-corrected chi connectivity index (χ3v) is 12.7. The monoisotopic (exact) mass is 820 g/mol. The molecule has 3 aliphatic rings. The first-order valence-electron chi connectivity index (χ1n) is 21.8. The molecule has 0 fully saturated rings. The van der Waals surface area contributed by atoms with E-state index in [4.69, 9.17) is 24.7 Å². The van der Waals surface area contributed by atoms with Crippen LogP contribution in [0.15, 0.2) is 241 Å². The summed E-state index contributed by atoms with van der Waals surface area (Å²) in [5.74, 6) is 2.60. The number of fused-ring (bicyclic) bond motifs is 4. The standard InChI is InChI=1S/C59H40N4O/c1-5-18-39(19-6-1)55-61-56(40-20-7-2-8-21-40)63-57(62-55)45-27-16-25-43(37-45)42-24-15-26-44(36-42)48-31-17-33-51-54(48)49-30-13-14-32-50(49)59(51,46-28-11-4-12-29-46)47-34-35-53-52(38-47)60-58(64-53)41-22-9-3-10-23-41/h1-34,36-38,53H,35H2. The topological polar surface area (TPSA) is 60.3 Å². The quantitative estimate of drug-likeness (QED) is 0.153. The zero-order chi connectivity index (χ0) is 42.5. The maximum atomic E-state index is 6.47. The van der Waals surface area contributed by atoms with Crippen LogP contribution < -0.4 is 0 Å². The Morgan fingerprint density at radius 1 is 0.422 bits per heavy atom. The molecule has 12 rings (SSSR count). The van der Waals surface area contributed by atoms with Crippen LogP contribution >= 0.6 is 0 Å². The molecule has 64 heavy (non-hydrogen) atoms. The summed E-state index contributed by atoms with van der Waals surface area (Å²) in [6, 6.07) is 74.6. The Kier molecular flexibility index (Phi) is 9.12. The molecule has 0 saturated heterocycles. The molecule has 5 nitrogen and oxygen atoms in total. The molecule has 1 aliphatic heterocycles. The molecule has 0 amide bonds. The number of hydrogen-bond donors (Lipinski definition) is 0. The lowest BCUT2D eigenvalue weighted by Gasteiger charge is -2.36. The molecule has 302 valence electrons. The second-order valence-corrected chi connectivity index (χ2v) is 16.4. The van der Waals surface area contributed by atoms with Crippen molar-refractivity contribution in [3.8, 4) is 67.5 Å². The van der Waals surface area contributed by atoms with Gasteiger partial charge in [-0.1, -0.05) is 194 Å². The fourth-order valence-electron chi connectivity index (χ4n) is 9.82. The molecule has 2 unspecified atom stereocenters. The third-order valence-electron chi connectivity index (χ3n) is 12.7. The summed E-state index contributed by atoms with van der Waals surface area (Å²) in [6.07, 6.45) is 5.30. The van der Waals surface area contributed by atoms with Gasteiger partial charge in [0.25, 0.3) is 0 Å². The van der Waals surface area contributed by atoms with Gasteiger partial charge >= 0.3 is 0 Å². The minimum atomic E-state index is -0.570. The number of ether oxygens (including phenoxy) is 1. The number of aromatic nitrogens is 3. The smallest absolute Gasteiger partial charge is 0.221 e. The van der Waals surface area contributed by atoms with Crippen LogP contribution in [-0.4, -0.2) is 27.0 Å². The van der Waals surface area contributed by atoms with Crippen molar-refractivity contribution in [3.63, 3.8) is 0 Å². The highest BCUT2D eigenvalue weighted by atomic mass is 16.5. The molecule has 2 aliphatic carbocycles. The first-order chi connectivity index (χ1) is 31.7. The Labute approximate surface area is 372 Å². The second-order valence-electron chi connectivity index (χ2n) is 16.4. The van der Waals surface area contributed by atoms with Crippen LogP contribution in [0.5, 0.6) is 0 Å². The Balaban J connectivity index is 0.975. The Morgan fingerprint density at radius 2 is 0.906 bits per heavy atom. The van der Waals surface area contributed by atoms with Gasteiger partial charge < -0.3 is 4.74 Å². The number of allylic oxidation sites excluding steroid dienone is 2. The van der Waals surface area contributed by atoms with Crippen molar-refractivity contribution in [2.75, 3.05) is 0 Å². The lowest BCUT2D eigenvalue weighted by Crippen LogP contribution is -2.31. The molecule has 0 radical (unpaired) electrons. The Hall–Kier alpha value is -8.28.